The number of carbonyl (C=O) groups is 1. The fourth-order valence-corrected chi connectivity index (χ4v) is 1.77. The molecule has 7 heteroatoms. The van der Waals surface area contributed by atoms with Crippen molar-refractivity contribution in [3.05, 3.63) is 69.0 Å². The first-order chi connectivity index (χ1) is 9.49. The lowest BCUT2D eigenvalue weighted by molar-refractivity contribution is -0.383. The standard InChI is InChI=1S/C13H8ClFN2O3/c14-8-5-6-12(17(19)20)11(7-8)16-13(18)9-3-1-2-4-10(9)15/h1-7H,(H,16,18). The lowest BCUT2D eigenvalue weighted by Gasteiger charge is -2.07. The van der Waals surface area contributed by atoms with E-state index in [4.69, 9.17) is 11.6 Å². The van der Waals surface area contributed by atoms with Crippen LogP contribution in [0.3, 0.4) is 0 Å². The van der Waals surface area contributed by atoms with E-state index in [1.165, 1.54) is 36.4 Å². The number of carbonyl (C=O) groups excluding carboxylic acids is 1. The third kappa shape index (κ3) is 2.92. The second-order valence-electron chi connectivity index (χ2n) is 3.85. The molecule has 1 N–H and O–H groups in total. The first kappa shape index (κ1) is 14.0. The molecule has 20 heavy (non-hydrogen) atoms. The second kappa shape index (κ2) is 5.66. The summed E-state index contributed by atoms with van der Waals surface area (Å²) in [5.74, 6) is -1.50. The molecule has 0 aliphatic rings. The molecule has 0 saturated heterocycles. The Balaban J connectivity index is 2.35. The largest absolute Gasteiger partial charge is 0.316 e. The van der Waals surface area contributed by atoms with Gasteiger partial charge >= 0.3 is 0 Å². The number of nitro groups is 1. The van der Waals surface area contributed by atoms with Gasteiger partial charge in [0.25, 0.3) is 11.6 Å². The summed E-state index contributed by atoms with van der Waals surface area (Å²) in [4.78, 5) is 22.1. The molecule has 0 heterocycles. The second-order valence-corrected chi connectivity index (χ2v) is 4.29. The van der Waals surface area contributed by atoms with Crippen LogP contribution in [-0.2, 0) is 0 Å². The molecule has 102 valence electrons. The van der Waals surface area contributed by atoms with Gasteiger partial charge in [0.05, 0.1) is 10.5 Å². The highest BCUT2D eigenvalue weighted by molar-refractivity contribution is 6.31. The maximum Gasteiger partial charge on any atom is 0.292 e. The molecule has 0 aliphatic carbocycles. The first-order valence-corrected chi connectivity index (χ1v) is 5.86. The van der Waals surface area contributed by atoms with Crippen molar-refractivity contribution in [2.24, 2.45) is 0 Å². The Morgan fingerprint density at radius 1 is 1.25 bits per heavy atom. The number of nitrogens with zero attached hydrogens (tertiary/aromatic N) is 1. The Kier molecular flexibility index (Phi) is 3.95. The van der Waals surface area contributed by atoms with Gasteiger partial charge in [0, 0.05) is 11.1 Å². The minimum absolute atomic E-state index is 0.0873. The third-order valence-corrected chi connectivity index (χ3v) is 2.76. The van der Waals surface area contributed by atoms with Gasteiger partial charge in [0.2, 0.25) is 0 Å². The molecule has 2 aromatic rings. The molecule has 1 amide bonds. The molecule has 0 spiro atoms. The molecule has 0 fully saturated rings. The minimum atomic E-state index is -0.784. The Morgan fingerprint density at radius 2 is 1.95 bits per heavy atom. The van der Waals surface area contributed by atoms with E-state index in [0.717, 1.165) is 6.07 Å². The Hall–Kier alpha value is -2.47. The van der Waals surface area contributed by atoms with Crippen LogP contribution in [-0.4, -0.2) is 10.8 Å². The monoisotopic (exact) mass is 294 g/mol. The molecular formula is C13H8ClFN2O3. The molecule has 2 aromatic carbocycles. The molecule has 0 atom stereocenters. The molecule has 0 saturated carbocycles. The molecular weight excluding hydrogens is 287 g/mol. The van der Waals surface area contributed by atoms with E-state index in [1.54, 1.807) is 0 Å². The fraction of sp³-hybridized carbons (Fsp3) is 0. The molecule has 5 nitrogen and oxygen atoms in total. The van der Waals surface area contributed by atoms with Crippen molar-refractivity contribution < 1.29 is 14.1 Å². The summed E-state index contributed by atoms with van der Waals surface area (Å²) in [6, 6.07) is 9.07. The summed E-state index contributed by atoms with van der Waals surface area (Å²) < 4.78 is 13.5. The van der Waals surface area contributed by atoms with Crippen LogP contribution in [0.4, 0.5) is 15.8 Å². The van der Waals surface area contributed by atoms with Crippen molar-refractivity contribution in [1.29, 1.82) is 0 Å². The summed E-state index contributed by atoms with van der Waals surface area (Å²) in [7, 11) is 0. The number of anilines is 1. The van der Waals surface area contributed by atoms with E-state index in [0.29, 0.717) is 0 Å². The predicted octanol–water partition coefficient (Wildman–Crippen LogP) is 3.64. The van der Waals surface area contributed by atoms with Gasteiger partial charge in [0.1, 0.15) is 11.5 Å². The van der Waals surface area contributed by atoms with Gasteiger partial charge in [-0.3, -0.25) is 14.9 Å². The lowest BCUT2D eigenvalue weighted by Crippen LogP contribution is -2.14. The van der Waals surface area contributed by atoms with Crippen LogP contribution in [0.25, 0.3) is 0 Å². The number of benzene rings is 2. The zero-order valence-electron chi connectivity index (χ0n) is 9.97. The number of hydrogen-bond donors (Lipinski definition) is 1. The van der Waals surface area contributed by atoms with Crippen LogP contribution < -0.4 is 5.32 Å². The summed E-state index contributed by atoms with van der Waals surface area (Å²) in [5, 5.41) is 13.4. The van der Waals surface area contributed by atoms with Gasteiger partial charge in [-0.1, -0.05) is 23.7 Å². The van der Waals surface area contributed by atoms with Gasteiger partial charge < -0.3 is 5.32 Å². The van der Waals surface area contributed by atoms with Crippen LogP contribution in [0.2, 0.25) is 5.02 Å². The lowest BCUT2D eigenvalue weighted by atomic mass is 10.2. The normalized spacial score (nSPS) is 10.1. The van der Waals surface area contributed by atoms with Crippen molar-refractivity contribution >= 4 is 28.9 Å². The van der Waals surface area contributed by atoms with Gasteiger partial charge in [0.15, 0.2) is 0 Å². The summed E-state index contributed by atoms with van der Waals surface area (Å²) in [6.45, 7) is 0. The minimum Gasteiger partial charge on any atom is -0.316 e. The van der Waals surface area contributed by atoms with Crippen molar-refractivity contribution in [2.75, 3.05) is 5.32 Å². The van der Waals surface area contributed by atoms with E-state index in [9.17, 15) is 19.3 Å². The predicted molar refractivity (Wildman–Crippen MR) is 72.5 cm³/mol. The van der Waals surface area contributed by atoms with Crippen LogP contribution in [0, 0.1) is 15.9 Å². The van der Waals surface area contributed by atoms with Crippen LogP contribution in [0.1, 0.15) is 10.4 Å². The quantitative estimate of drug-likeness (QED) is 0.694. The SMILES string of the molecule is O=C(Nc1cc(Cl)ccc1[N+](=O)[O-])c1ccccc1F. The van der Waals surface area contributed by atoms with Crippen molar-refractivity contribution in [2.45, 2.75) is 0 Å². The zero-order chi connectivity index (χ0) is 14.7. The van der Waals surface area contributed by atoms with E-state index in [-0.39, 0.29) is 22.0 Å². The summed E-state index contributed by atoms with van der Waals surface area (Å²) in [5.41, 5.74) is -0.614. The molecule has 0 aromatic heterocycles. The Labute approximate surface area is 118 Å². The van der Waals surface area contributed by atoms with Gasteiger partial charge in [-0.15, -0.1) is 0 Å². The topological polar surface area (TPSA) is 72.2 Å². The van der Waals surface area contributed by atoms with E-state index < -0.39 is 16.6 Å². The maximum atomic E-state index is 13.5. The number of rotatable bonds is 3. The molecule has 2 rings (SSSR count). The van der Waals surface area contributed by atoms with Crippen LogP contribution in [0.15, 0.2) is 42.5 Å². The highest BCUT2D eigenvalue weighted by Gasteiger charge is 2.18. The molecule has 0 unspecified atom stereocenters. The number of amides is 1. The number of nitro benzene ring substituents is 1. The van der Waals surface area contributed by atoms with Crippen molar-refractivity contribution in [1.82, 2.24) is 0 Å². The molecule has 0 radical (unpaired) electrons. The highest BCUT2D eigenvalue weighted by atomic mass is 35.5. The fourth-order valence-electron chi connectivity index (χ4n) is 1.60. The van der Waals surface area contributed by atoms with Gasteiger partial charge in [-0.05, 0) is 24.3 Å². The van der Waals surface area contributed by atoms with Crippen molar-refractivity contribution in [3.8, 4) is 0 Å². The summed E-state index contributed by atoms with van der Waals surface area (Å²) in [6.07, 6.45) is 0. The number of hydrogen-bond acceptors (Lipinski definition) is 3. The summed E-state index contributed by atoms with van der Waals surface area (Å²) >= 11 is 5.73. The van der Waals surface area contributed by atoms with E-state index in [1.807, 2.05) is 0 Å². The van der Waals surface area contributed by atoms with E-state index in [2.05, 4.69) is 5.32 Å². The van der Waals surface area contributed by atoms with Crippen LogP contribution in [0.5, 0.6) is 0 Å². The number of halogens is 2. The average molecular weight is 295 g/mol. The molecule has 0 bridgehead atoms. The first-order valence-electron chi connectivity index (χ1n) is 5.49. The van der Waals surface area contributed by atoms with Gasteiger partial charge in [-0.25, -0.2) is 4.39 Å². The number of nitrogens with one attached hydrogen (secondary N) is 1. The smallest absolute Gasteiger partial charge is 0.292 e. The van der Waals surface area contributed by atoms with E-state index >= 15 is 0 Å². The van der Waals surface area contributed by atoms with Gasteiger partial charge in [-0.2, -0.15) is 0 Å². The Bertz CT molecular complexity index is 691. The Morgan fingerprint density at radius 3 is 2.60 bits per heavy atom. The third-order valence-electron chi connectivity index (χ3n) is 2.52. The highest BCUT2D eigenvalue weighted by Crippen LogP contribution is 2.28. The maximum absolute atomic E-state index is 13.5. The van der Waals surface area contributed by atoms with Crippen LogP contribution >= 0.6 is 11.6 Å². The zero-order valence-corrected chi connectivity index (χ0v) is 10.7. The average Bonchev–Trinajstić information content (AvgIpc) is 2.38. The van der Waals surface area contributed by atoms with Crippen molar-refractivity contribution in [3.63, 3.8) is 0 Å². The molecule has 0 aliphatic heterocycles.